The molecular weight excluding hydrogens is 430 g/mol. The minimum atomic E-state index is 0.168. The number of methoxy groups -OCH3 is 1. The van der Waals surface area contributed by atoms with Gasteiger partial charge in [0.25, 0.3) is 0 Å². The maximum atomic E-state index is 12.8. The van der Waals surface area contributed by atoms with Gasteiger partial charge in [-0.05, 0) is 54.4 Å². The van der Waals surface area contributed by atoms with Gasteiger partial charge < -0.3 is 9.64 Å². The number of ether oxygens (including phenoxy) is 1. The first-order chi connectivity index (χ1) is 15.1. The molecule has 0 aliphatic carbocycles. The zero-order chi connectivity index (χ0) is 21.6. The zero-order valence-corrected chi connectivity index (χ0v) is 19.3. The van der Waals surface area contributed by atoms with E-state index in [9.17, 15) is 4.79 Å². The molecule has 0 radical (unpaired) electrons. The number of benzene rings is 1. The van der Waals surface area contributed by atoms with E-state index in [1.807, 2.05) is 45.1 Å². The van der Waals surface area contributed by atoms with Crippen LogP contribution in [0.15, 0.2) is 41.8 Å². The number of hydrogen-bond acceptors (Lipinski definition) is 6. The summed E-state index contributed by atoms with van der Waals surface area (Å²) in [4.78, 5) is 18.6. The number of thiophene rings is 1. The molecule has 1 saturated heterocycles. The predicted octanol–water partition coefficient (Wildman–Crippen LogP) is 3.45. The summed E-state index contributed by atoms with van der Waals surface area (Å²) in [7, 11) is 1.64. The van der Waals surface area contributed by atoms with Crippen molar-refractivity contribution < 1.29 is 9.53 Å². The lowest BCUT2D eigenvalue weighted by atomic mass is 10.2. The number of aromatic nitrogens is 3. The monoisotopic (exact) mass is 457 g/mol. The number of nitrogens with zero attached hydrogens (tertiary/aromatic N) is 4. The fourth-order valence-electron chi connectivity index (χ4n) is 3.80. The van der Waals surface area contributed by atoms with Gasteiger partial charge in [-0.2, -0.15) is 5.10 Å². The van der Waals surface area contributed by atoms with E-state index >= 15 is 0 Å². The van der Waals surface area contributed by atoms with Crippen molar-refractivity contribution in [2.75, 3.05) is 39.8 Å². The van der Waals surface area contributed by atoms with Gasteiger partial charge in [-0.15, -0.1) is 11.3 Å². The summed E-state index contributed by atoms with van der Waals surface area (Å²) in [5.41, 5.74) is 0.931. The van der Waals surface area contributed by atoms with Crippen LogP contribution in [-0.2, 0) is 17.8 Å². The molecule has 2 aromatic heterocycles. The number of hydrogen-bond donors (Lipinski definition) is 1. The molecule has 1 N–H and O–H groups in total. The molecule has 1 fully saturated rings. The second-order valence-corrected chi connectivity index (χ2v) is 8.95. The third kappa shape index (κ3) is 5.41. The summed E-state index contributed by atoms with van der Waals surface area (Å²) in [5.74, 6) is 1.69. The summed E-state index contributed by atoms with van der Waals surface area (Å²) in [6, 6.07) is 11.9. The quantitative estimate of drug-likeness (QED) is 0.525. The van der Waals surface area contributed by atoms with Crippen molar-refractivity contribution in [2.24, 2.45) is 0 Å². The van der Waals surface area contributed by atoms with Gasteiger partial charge in [0, 0.05) is 56.1 Å². The van der Waals surface area contributed by atoms with Crippen molar-refractivity contribution in [3.8, 4) is 17.1 Å². The fourth-order valence-corrected chi connectivity index (χ4v) is 4.72. The van der Waals surface area contributed by atoms with Crippen LogP contribution >= 0.6 is 23.6 Å². The highest BCUT2D eigenvalue weighted by molar-refractivity contribution is 7.71. The van der Waals surface area contributed by atoms with Crippen LogP contribution in [0.3, 0.4) is 0 Å². The van der Waals surface area contributed by atoms with Crippen molar-refractivity contribution in [2.45, 2.75) is 19.4 Å². The molecule has 164 valence electrons. The fraction of sp³-hybridized carbons (Fsp3) is 0.409. The van der Waals surface area contributed by atoms with Crippen molar-refractivity contribution in [3.63, 3.8) is 0 Å². The summed E-state index contributed by atoms with van der Waals surface area (Å²) < 4.78 is 7.64. The van der Waals surface area contributed by atoms with Gasteiger partial charge in [0.15, 0.2) is 10.6 Å². The summed E-state index contributed by atoms with van der Waals surface area (Å²) in [5, 5.41) is 9.33. The third-order valence-electron chi connectivity index (χ3n) is 5.64. The molecule has 1 amide bonds. The zero-order valence-electron chi connectivity index (χ0n) is 17.6. The van der Waals surface area contributed by atoms with Gasteiger partial charge in [-0.3, -0.25) is 19.4 Å². The lowest BCUT2D eigenvalue weighted by Crippen LogP contribution is -2.49. The van der Waals surface area contributed by atoms with Crippen LogP contribution in [-0.4, -0.2) is 70.3 Å². The first-order valence-corrected chi connectivity index (χ1v) is 11.7. The van der Waals surface area contributed by atoms with E-state index in [0.29, 0.717) is 17.7 Å². The smallest absolute Gasteiger partial charge is 0.224 e. The van der Waals surface area contributed by atoms with E-state index in [1.165, 1.54) is 4.88 Å². The second kappa shape index (κ2) is 10.2. The molecule has 0 unspecified atom stereocenters. The van der Waals surface area contributed by atoms with Crippen LogP contribution in [0.25, 0.3) is 11.4 Å². The van der Waals surface area contributed by atoms with Crippen LogP contribution < -0.4 is 4.74 Å². The second-order valence-electron chi connectivity index (χ2n) is 7.53. The molecule has 0 bridgehead atoms. The van der Waals surface area contributed by atoms with E-state index in [1.54, 1.807) is 7.11 Å². The van der Waals surface area contributed by atoms with Gasteiger partial charge >= 0.3 is 0 Å². The Hall–Kier alpha value is -2.49. The minimum Gasteiger partial charge on any atom is -0.497 e. The molecule has 31 heavy (non-hydrogen) atoms. The molecule has 0 spiro atoms. The first-order valence-electron chi connectivity index (χ1n) is 10.5. The molecule has 7 nitrogen and oxygen atoms in total. The van der Waals surface area contributed by atoms with E-state index in [-0.39, 0.29) is 5.91 Å². The standard InChI is InChI=1S/C22H27N5O2S2/c1-29-18-6-4-17(5-7-18)21-23-24-22(30)27(21)11-9-20(28)26-14-12-25(13-15-26)10-8-19-3-2-16-31-19/h2-7,16H,8-15H2,1H3,(H,24,30). The topological polar surface area (TPSA) is 66.4 Å². The Bertz CT molecular complexity index is 1030. The van der Waals surface area contributed by atoms with E-state index in [4.69, 9.17) is 17.0 Å². The van der Waals surface area contributed by atoms with Crippen LogP contribution in [0.1, 0.15) is 11.3 Å². The molecular formula is C22H27N5O2S2. The molecule has 1 aliphatic heterocycles. The molecule has 1 aromatic carbocycles. The van der Waals surface area contributed by atoms with Crippen LogP contribution in [0, 0.1) is 4.77 Å². The average molecular weight is 458 g/mol. The average Bonchev–Trinajstić information content (AvgIpc) is 3.46. The lowest BCUT2D eigenvalue weighted by molar-refractivity contribution is -0.133. The predicted molar refractivity (Wildman–Crippen MR) is 125 cm³/mol. The number of carbonyl (C=O) groups is 1. The number of amides is 1. The number of aromatic amines is 1. The Kier molecular flexibility index (Phi) is 7.16. The maximum Gasteiger partial charge on any atom is 0.224 e. The highest BCUT2D eigenvalue weighted by Crippen LogP contribution is 2.21. The number of piperazine rings is 1. The molecule has 4 rings (SSSR count). The molecule has 1 aliphatic rings. The van der Waals surface area contributed by atoms with Gasteiger partial charge in [0.05, 0.1) is 7.11 Å². The van der Waals surface area contributed by atoms with Crippen molar-refractivity contribution in [3.05, 3.63) is 51.4 Å². The number of carbonyl (C=O) groups excluding carboxylic acids is 1. The Labute approximate surface area is 191 Å². The van der Waals surface area contributed by atoms with Gasteiger partial charge in [0.2, 0.25) is 5.91 Å². The van der Waals surface area contributed by atoms with Crippen LogP contribution in [0.5, 0.6) is 5.75 Å². The largest absolute Gasteiger partial charge is 0.497 e. The lowest BCUT2D eigenvalue weighted by Gasteiger charge is -2.34. The SMILES string of the molecule is COc1ccc(-c2n[nH]c(=S)n2CCC(=O)N2CCN(CCc3cccs3)CC2)cc1. The molecule has 3 heterocycles. The molecule has 3 aromatic rings. The Morgan fingerprint density at radius 3 is 2.61 bits per heavy atom. The maximum absolute atomic E-state index is 12.8. The van der Waals surface area contributed by atoms with Crippen LogP contribution in [0.2, 0.25) is 0 Å². The number of H-pyrrole nitrogens is 1. The summed E-state index contributed by atoms with van der Waals surface area (Å²) in [6.07, 6.45) is 1.49. The van der Waals surface area contributed by atoms with Gasteiger partial charge in [-0.25, -0.2) is 0 Å². The first kappa shape index (κ1) is 21.7. The summed E-state index contributed by atoms with van der Waals surface area (Å²) >= 11 is 7.21. The Morgan fingerprint density at radius 2 is 1.94 bits per heavy atom. The van der Waals surface area contributed by atoms with E-state index < -0.39 is 0 Å². The normalized spacial score (nSPS) is 14.7. The van der Waals surface area contributed by atoms with Crippen molar-refractivity contribution >= 4 is 29.5 Å². The Balaban J connectivity index is 1.29. The Morgan fingerprint density at radius 1 is 1.16 bits per heavy atom. The van der Waals surface area contributed by atoms with E-state index in [0.717, 1.165) is 56.3 Å². The van der Waals surface area contributed by atoms with Gasteiger partial charge in [0.1, 0.15) is 5.75 Å². The third-order valence-corrected chi connectivity index (χ3v) is 6.88. The van der Waals surface area contributed by atoms with Crippen molar-refractivity contribution in [1.82, 2.24) is 24.6 Å². The molecule has 0 atom stereocenters. The highest BCUT2D eigenvalue weighted by atomic mass is 32.1. The molecule has 0 saturated carbocycles. The number of nitrogens with one attached hydrogen (secondary N) is 1. The minimum absolute atomic E-state index is 0.168. The summed E-state index contributed by atoms with van der Waals surface area (Å²) in [6.45, 7) is 4.99. The van der Waals surface area contributed by atoms with E-state index in [2.05, 4.69) is 32.6 Å². The van der Waals surface area contributed by atoms with Gasteiger partial charge in [-0.1, -0.05) is 6.07 Å². The number of rotatable bonds is 8. The van der Waals surface area contributed by atoms with Crippen molar-refractivity contribution in [1.29, 1.82) is 0 Å². The molecule has 9 heteroatoms. The van der Waals surface area contributed by atoms with Crippen LogP contribution in [0.4, 0.5) is 0 Å². The highest BCUT2D eigenvalue weighted by Gasteiger charge is 2.21.